The van der Waals surface area contributed by atoms with E-state index in [-0.39, 0.29) is 6.41 Å². The molecule has 0 bridgehead atoms. The maximum Gasteiger partial charge on any atom is 0.244 e. The molecule has 1 aliphatic rings. The molecule has 0 aliphatic carbocycles. The van der Waals surface area contributed by atoms with E-state index in [1.54, 1.807) is 0 Å². The van der Waals surface area contributed by atoms with Crippen LogP contribution >= 0.6 is 22.6 Å². The summed E-state index contributed by atoms with van der Waals surface area (Å²) >= 11 is 2.36. The molecule has 1 aromatic heterocycles. The average molecular weight is 469 g/mol. The van der Waals surface area contributed by atoms with Crippen LogP contribution in [0.3, 0.4) is 0 Å². The van der Waals surface area contributed by atoms with Crippen LogP contribution in [0.4, 0.5) is 5.69 Å². The maximum atomic E-state index is 5.80. The van der Waals surface area contributed by atoms with E-state index in [1.807, 2.05) is 13.8 Å². The van der Waals surface area contributed by atoms with Gasteiger partial charge in [0.15, 0.2) is 0 Å². The van der Waals surface area contributed by atoms with Gasteiger partial charge in [-0.05, 0) is 54.6 Å². The molecular formula is C20H28IN3O2. The van der Waals surface area contributed by atoms with Crippen molar-refractivity contribution in [3.63, 3.8) is 0 Å². The first-order valence-electron chi connectivity index (χ1n) is 9.33. The molecule has 0 amide bonds. The molecule has 2 heterocycles. The first-order valence-corrected chi connectivity index (χ1v) is 10.4. The Labute approximate surface area is 170 Å². The van der Waals surface area contributed by atoms with Gasteiger partial charge >= 0.3 is 0 Å². The van der Waals surface area contributed by atoms with Crippen molar-refractivity contribution in [2.45, 2.75) is 26.8 Å². The number of benzene rings is 1. The van der Waals surface area contributed by atoms with Gasteiger partial charge in [-0.25, -0.2) is 0 Å². The fraction of sp³-hybridized carbons (Fsp3) is 0.500. The second kappa shape index (κ2) is 9.73. The first-order chi connectivity index (χ1) is 12.7. The number of nitrogens with zero attached hydrogens (tertiary/aromatic N) is 3. The first kappa shape index (κ1) is 19.7. The fourth-order valence-electron chi connectivity index (χ4n) is 3.34. The lowest BCUT2D eigenvalue weighted by molar-refractivity contribution is -0.187. The number of ether oxygens (including phenoxy) is 2. The van der Waals surface area contributed by atoms with E-state index < -0.39 is 0 Å². The van der Waals surface area contributed by atoms with Crippen molar-refractivity contribution in [3.8, 4) is 0 Å². The summed E-state index contributed by atoms with van der Waals surface area (Å²) in [5.74, 6) is 0. The van der Waals surface area contributed by atoms with Crippen LogP contribution < -0.4 is 4.90 Å². The molecule has 26 heavy (non-hydrogen) atoms. The summed E-state index contributed by atoms with van der Waals surface area (Å²) in [6, 6.07) is 12.9. The summed E-state index contributed by atoms with van der Waals surface area (Å²) < 4.78 is 14.9. The van der Waals surface area contributed by atoms with Gasteiger partial charge in [-0.3, -0.25) is 4.90 Å². The quantitative estimate of drug-likeness (QED) is 0.433. The molecule has 0 unspecified atom stereocenters. The van der Waals surface area contributed by atoms with Crippen molar-refractivity contribution >= 4 is 28.3 Å². The van der Waals surface area contributed by atoms with E-state index >= 15 is 0 Å². The monoisotopic (exact) mass is 469 g/mol. The zero-order valence-electron chi connectivity index (χ0n) is 15.6. The molecular weight excluding hydrogens is 441 g/mol. The summed E-state index contributed by atoms with van der Waals surface area (Å²) in [7, 11) is 0. The minimum Gasteiger partial charge on any atom is -0.369 e. The topological polar surface area (TPSA) is 29.9 Å². The highest BCUT2D eigenvalue weighted by Crippen LogP contribution is 2.22. The van der Waals surface area contributed by atoms with Gasteiger partial charge in [-0.15, -0.1) is 0 Å². The molecule has 2 aromatic rings. The summed E-state index contributed by atoms with van der Waals surface area (Å²) in [6.07, 6.45) is 1.78. The van der Waals surface area contributed by atoms with E-state index in [1.165, 1.54) is 15.0 Å². The minimum absolute atomic E-state index is 0.339. The fourth-order valence-corrected chi connectivity index (χ4v) is 4.00. The summed E-state index contributed by atoms with van der Waals surface area (Å²) in [5, 5.41) is 0. The van der Waals surface area contributed by atoms with Gasteiger partial charge in [0, 0.05) is 67.1 Å². The average Bonchev–Trinajstić information content (AvgIpc) is 3.03. The van der Waals surface area contributed by atoms with Gasteiger partial charge in [0.25, 0.3) is 0 Å². The zero-order chi connectivity index (χ0) is 18.4. The largest absolute Gasteiger partial charge is 0.369 e. The summed E-state index contributed by atoms with van der Waals surface area (Å²) in [6.45, 7) is 10.4. The lowest BCUT2D eigenvalue weighted by Gasteiger charge is -2.36. The van der Waals surface area contributed by atoms with Crippen molar-refractivity contribution in [2.24, 2.45) is 0 Å². The van der Waals surface area contributed by atoms with Crippen LogP contribution in [0.2, 0.25) is 0 Å². The molecule has 0 saturated carbocycles. The molecule has 1 aromatic carbocycles. The molecule has 6 heteroatoms. The minimum atomic E-state index is -0.339. The molecule has 0 atom stereocenters. The third kappa shape index (κ3) is 5.00. The second-order valence-electron chi connectivity index (χ2n) is 6.37. The highest BCUT2D eigenvalue weighted by molar-refractivity contribution is 14.1. The van der Waals surface area contributed by atoms with E-state index in [2.05, 4.69) is 79.6 Å². The van der Waals surface area contributed by atoms with Gasteiger partial charge in [0.05, 0.1) is 0 Å². The van der Waals surface area contributed by atoms with Crippen molar-refractivity contribution in [1.82, 2.24) is 9.47 Å². The Morgan fingerprint density at radius 1 is 1.00 bits per heavy atom. The maximum absolute atomic E-state index is 5.80. The molecule has 5 nitrogen and oxygen atoms in total. The van der Waals surface area contributed by atoms with Crippen molar-refractivity contribution in [3.05, 3.63) is 51.9 Å². The number of aromatic nitrogens is 1. The van der Waals surface area contributed by atoms with Gasteiger partial charge in [0.2, 0.25) is 6.41 Å². The van der Waals surface area contributed by atoms with Crippen LogP contribution in [0.1, 0.15) is 26.0 Å². The Morgan fingerprint density at radius 3 is 2.27 bits per heavy atom. The van der Waals surface area contributed by atoms with Crippen molar-refractivity contribution in [1.29, 1.82) is 0 Å². The van der Waals surface area contributed by atoms with Crippen molar-refractivity contribution < 1.29 is 9.47 Å². The third-order valence-corrected chi connectivity index (χ3v) is 5.21. The van der Waals surface area contributed by atoms with Crippen LogP contribution in [-0.4, -0.2) is 48.9 Å². The molecule has 0 radical (unpaired) electrons. The lowest BCUT2D eigenvalue weighted by Crippen LogP contribution is -2.46. The van der Waals surface area contributed by atoms with Crippen LogP contribution in [-0.2, 0) is 16.0 Å². The predicted octanol–water partition coefficient (Wildman–Crippen LogP) is 3.94. The molecule has 0 N–H and O–H groups in total. The SMILES string of the molecule is CCOC(OCC)n1cc(I)cc1CN1CCN(c2ccccc2)CC1. The van der Waals surface area contributed by atoms with Crippen LogP contribution in [0, 0.1) is 3.57 Å². The highest BCUT2D eigenvalue weighted by atomic mass is 127. The molecule has 142 valence electrons. The lowest BCUT2D eigenvalue weighted by atomic mass is 10.2. The van der Waals surface area contributed by atoms with Crippen LogP contribution in [0.15, 0.2) is 42.6 Å². The smallest absolute Gasteiger partial charge is 0.244 e. The van der Waals surface area contributed by atoms with Crippen molar-refractivity contribution in [2.75, 3.05) is 44.3 Å². The Kier molecular flexibility index (Phi) is 7.36. The molecule has 1 saturated heterocycles. The van der Waals surface area contributed by atoms with Crippen LogP contribution in [0.25, 0.3) is 0 Å². The summed E-state index contributed by atoms with van der Waals surface area (Å²) in [4.78, 5) is 4.97. The standard InChI is InChI=1S/C20H28IN3O2/c1-3-25-20(26-4-2)24-15-17(21)14-19(24)16-22-10-12-23(13-11-22)18-8-6-5-7-9-18/h5-9,14-15,20H,3-4,10-13,16H2,1-2H3. The van der Waals surface area contributed by atoms with E-state index in [0.29, 0.717) is 13.2 Å². The highest BCUT2D eigenvalue weighted by Gasteiger charge is 2.21. The van der Waals surface area contributed by atoms with Gasteiger partial charge < -0.3 is 18.9 Å². The number of para-hydroxylation sites is 1. The van der Waals surface area contributed by atoms with Crippen LogP contribution in [0.5, 0.6) is 0 Å². The second-order valence-corrected chi connectivity index (χ2v) is 7.62. The number of halogens is 1. The zero-order valence-corrected chi connectivity index (χ0v) is 17.8. The van der Waals surface area contributed by atoms with Gasteiger partial charge in [-0.1, -0.05) is 18.2 Å². The Balaban J connectivity index is 1.63. The normalized spacial score (nSPS) is 15.8. The Bertz CT molecular complexity index is 663. The Hall–Kier alpha value is -1.09. The van der Waals surface area contributed by atoms with E-state index in [4.69, 9.17) is 9.47 Å². The van der Waals surface area contributed by atoms with E-state index in [9.17, 15) is 0 Å². The number of anilines is 1. The molecule has 0 spiro atoms. The number of hydrogen-bond donors (Lipinski definition) is 0. The number of piperazine rings is 1. The predicted molar refractivity (Wildman–Crippen MR) is 113 cm³/mol. The van der Waals surface area contributed by atoms with Gasteiger partial charge in [0.1, 0.15) is 0 Å². The Morgan fingerprint density at radius 2 is 1.65 bits per heavy atom. The summed E-state index contributed by atoms with van der Waals surface area (Å²) in [5.41, 5.74) is 2.56. The number of rotatable bonds is 8. The molecule has 3 rings (SSSR count). The third-order valence-electron chi connectivity index (χ3n) is 4.62. The van der Waals surface area contributed by atoms with Gasteiger partial charge in [-0.2, -0.15) is 0 Å². The molecule has 1 fully saturated rings. The number of hydrogen-bond acceptors (Lipinski definition) is 4. The van der Waals surface area contributed by atoms with E-state index in [0.717, 1.165) is 32.7 Å². The molecule has 1 aliphatic heterocycles.